The number of phenols is 2. The maximum absolute atomic E-state index is 14.7. The van der Waals surface area contributed by atoms with E-state index in [1.807, 2.05) is 0 Å². The van der Waals surface area contributed by atoms with Crippen molar-refractivity contribution in [2.75, 3.05) is 26.4 Å². The third-order valence-electron chi connectivity index (χ3n) is 15.4. The molecule has 14 nitrogen and oxygen atoms in total. The number of ketones is 4. The van der Waals surface area contributed by atoms with Crippen molar-refractivity contribution in [1.29, 1.82) is 0 Å². The lowest BCUT2D eigenvalue weighted by Gasteiger charge is -2.25. The molecule has 0 radical (unpaired) electrons. The van der Waals surface area contributed by atoms with Gasteiger partial charge in [0.25, 0.3) is 0 Å². The summed E-state index contributed by atoms with van der Waals surface area (Å²) in [5.41, 5.74) is 3.57. The number of fused-ring (bicyclic) bond motifs is 8. The monoisotopic (exact) mass is 1200 g/mol. The highest BCUT2D eigenvalue weighted by molar-refractivity contribution is 7.49. The van der Waals surface area contributed by atoms with Crippen molar-refractivity contribution in [1.82, 2.24) is 0 Å². The number of Topliss-reactive ketones (excluding diaryl/α,β-unsaturated/α-hetero) is 4. The Balaban J connectivity index is 1.94. The van der Waals surface area contributed by atoms with Crippen LogP contribution in [0.3, 0.4) is 0 Å². The van der Waals surface area contributed by atoms with Crippen molar-refractivity contribution in [3.8, 4) is 23.0 Å². The normalized spacial score (nSPS) is 12.6. The number of hydrogen-bond donors (Lipinski definition) is 2. The Hall–Kier alpha value is -4.94. The average molecular weight is 1200 g/mol. The lowest BCUT2D eigenvalue weighted by atomic mass is 9.86. The van der Waals surface area contributed by atoms with Crippen LogP contribution in [0.2, 0.25) is 0 Å². The molecule has 4 aromatic rings. The second kappa shape index (κ2) is 36.3. The molecule has 0 saturated carbocycles. The molecule has 5 rings (SSSR count). The molecular weight excluding hydrogens is 1100 g/mol. The Bertz CT molecular complexity index is 2580. The first-order valence-corrected chi connectivity index (χ1v) is 34.7. The first-order chi connectivity index (χ1) is 40.5. The molecule has 84 heavy (non-hydrogen) atoms. The standard InChI is InChI=1S/C68H98O14P2/c1-9-17-21-25-29-33-61(69)49-37-53-45-57-41-51(63(71)35-31-27-23-19-11-3)43-59(67(57)81-83(75,77-13-5)78-14-6)47-55-39-50(62(70)34-30-26-22-18-10-2)40-56(66(55)74)48-60-44-52(64(72)36-32-28-24-20-12-4)42-58(46-54(38-49)65(53)73)68(60)82-84(76,79-15-7)80-16-8/h37-44,73-74H,9-36,45-48H2,1-8H3. The third-order valence-corrected chi connectivity index (χ3v) is 18.5. The van der Waals surface area contributed by atoms with Gasteiger partial charge in [0.2, 0.25) is 0 Å². The predicted molar refractivity (Wildman–Crippen MR) is 334 cm³/mol. The summed E-state index contributed by atoms with van der Waals surface area (Å²) in [5, 5.41) is 25.7. The highest BCUT2D eigenvalue weighted by Gasteiger charge is 2.34. The largest absolute Gasteiger partial charge is 0.530 e. The number of aromatic hydroxyl groups is 2. The van der Waals surface area contributed by atoms with Gasteiger partial charge in [-0.15, -0.1) is 0 Å². The smallest absolute Gasteiger partial charge is 0.507 e. The molecule has 0 amide bonds. The molecule has 1 aliphatic rings. The number of carbonyl (C=O) groups excluding carboxylic acids is 4. The quantitative estimate of drug-likeness (QED) is 0.0213. The molecule has 1 aliphatic carbocycles. The van der Waals surface area contributed by atoms with E-state index in [1.54, 1.807) is 76.2 Å². The van der Waals surface area contributed by atoms with Gasteiger partial charge >= 0.3 is 15.6 Å². The lowest BCUT2D eigenvalue weighted by molar-refractivity contribution is 0.0971. The van der Waals surface area contributed by atoms with Crippen LogP contribution in [0.15, 0.2) is 48.5 Å². The second-order valence-corrected chi connectivity index (χ2v) is 25.5. The molecule has 0 aromatic heterocycles. The summed E-state index contributed by atoms with van der Waals surface area (Å²) in [6, 6.07) is 13.2. The zero-order valence-electron chi connectivity index (χ0n) is 51.9. The fourth-order valence-corrected chi connectivity index (χ4v) is 13.5. The molecule has 2 N–H and O–H groups in total. The summed E-state index contributed by atoms with van der Waals surface area (Å²) < 4.78 is 65.5. The van der Waals surface area contributed by atoms with Crippen LogP contribution in [0.1, 0.15) is 295 Å². The van der Waals surface area contributed by atoms with E-state index < -0.39 is 15.6 Å². The Kier molecular flexibility index (Phi) is 30.1. The van der Waals surface area contributed by atoms with E-state index in [2.05, 4.69) is 27.7 Å². The van der Waals surface area contributed by atoms with E-state index in [0.717, 1.165) is 103 Å². The molecule has 16 heteroatoms. The van der Waals surface area contributed by atoms with E-state index in [-0.39, 0.29) is 146 Å². The van der Waals surface area contributed by atoms with Crippen LogP contribution in [-0.2, 0) is 52.9 Å². The SMILES string of the molecule is CCCCCCCC(=O)c1cc2c(O)c(c1)Cc1cc(C(=O)CCCCCCC)cc(c1OP(=O)(OCC)OCC)Cc1cc(C(=O)CCCCCCC)cc(c1O)Cc1cc(C(=O)CCCCCCC)cc(c1OP(=O)(OCC)OCC)C2. The van der Waals surface area contributed by atoms with Crippen molar-refractivity contribution in [3.63, 3.8) is 0 Å². The zero-order valence-corrected chi connectivity index (χ0v) is 53.7. The summed E-state index contributed by atoms with van der Waals surface area (Å²) >= 11 is 0. The summed E-state index contributed by atoms with van der Waals surface area (Å²) in [6.07, 6.45) is 18.5. The van der Waals surface area contributed by atoms with E-state index >= 15 is 0 Å². The molecular formula is C68H98O14P2. The van der Waals surface area contributed by atoms with Gasteiger partial charge in [0.1, 0.15) is 23.0 Å². The number of phosphoric acid groups is 2. The van der Waals surface area contributed by atoms with Gasteiger partial charge in [0.05, 0.1) is 26.4 Å². The summed E-state index contributed by atoms with van der Waals surface area (Å²) in [4.78, 5) is 58.2. The van der Waals surface area contributed by atoms with E-state index in [9.17, 15) is 38.5 Å². The first kappa shape index (κ1) is 69.8. The van der Waals surface area contributed by atoms with Crippen molar-refractivity contribution in [2.45, 2.75) is 235 Å². The van der Waals surface area contributed by atoms with Gasteiger partial charge in [-0.3, -0.25) is 37.3 Å². The molecule has 0 aliphatic heterocycles. The highest BCUT2D eigenvalue weighted by Crippen LogP contribution is 2.54. The number of hydrogen-bond acceptors (Lipinski definition) is 14. The van der Waals surface area contributed by atoms with Crippen molar-refractivity contribution < 1.29 is 65.7 Å². The Morgan fingerprint density at radius 2 is 0.536 bits per heavy atom. The minimum atomic E-state index is -4.41. The van der Waals surface area contributed by atoms with Gasteiger partial charge in [-0.2, -0.15) is 0 Å². The van der Waals surface area contributed by atoms with Crippen molar-refractivity contribution in [2.24, 2.45) is 0 Å². The molecule has 8 bridgehead atoms. The number of phosphoric ester groups is 2. The Morgan fingerprint density at radius 3 is 0.738 bits per heavy atom. The van der Waals surface area contributed by atoms with Gasteiger partial charge in [0, 0.05) is 95.9 Å². The Labute approximate surface area is 502 Å². The summed E-state index contributed by atoms with van der Waals surface area (Å²) in [6.45, 7) is 15.0. The first-order valence-electron chi connectivity index (χ1n) is 31.8. The minimum Gasteiger partial charge on any atom is -0.507 e. The fraction of sp³-hybridized carbons (Fsp3) is 0.588. The molecule has 0 heterocycles. The fourth-order valence-electron chi connectivity index (χ4n) is 11.0. The van der Waals surface area contributed by atoms with Crippen LogP contribution in [0.4, 0.5) is 0 Å². The molecule has 4 aromatic carbocycles. The summed E-state index contributed by atoms with van der Waals surface area (Å²) in [5.74, 6) is -1.01. The van der Waals surface area contributed by atoms with E-state index in [4.69, 9.17) is 27.1 Å². The second-order valence-electron chi connectivity index (χ2n) is 22.3. The lowest BCUT2D eigenvalue weighted by Crippen LogP contribution is -2.12. The van der Waals surface area contributed by atoms with Crippen molar-refractivity contribution in [3.05, 3.63) is 115 Å². The van der Waals surface area contributed by atoms with Gasteiger partial charge < -0.3 is 19.3 Å². The number of rotatable bonds is 40. The van der Waals surface area contributed by atoms with Crippen LogP contribution in [0, 0.1) is 0 Å². The van der Waals surface area contributed by atoms with Gasteiger partial charge in [-0.1, -0.05) is 130 Å². The minimum absolute atomic E-state index is 0.0235. The molecule has 0 spiro atoms. The number of phenolic OH excluding ortho intramolecular Hbond substituents is 2. The van der Waals surface area contributed by atoms with Gasteiger partial charge in [-0.05, 0) is 124 Å². The maximum atomic E-state index is 14.7. The van der Waals surface area contributed by atoms with Crippen LogP contribution in [0.5, 0.6) is 23.0 Å². The van der Waals surface area contributed by atoms with Crippen molar-refractivity contribution >= 4 is 38.8 Å². The van der Waals surface area contributed by atoms with Crippen LogP contribution < -0.4 is 9.05 Å². The molecule has 0 atom stereocenters. The van der Waals surface area contributed by atoms with Gasteiger partial charge in [0.15, 0.2) is 23.1 Å². The van der Waals surface area contributed by atoms with Crippen LogP contribution >= 0.6 is 15.6 Å². The van der Waals surface area contributed by atoms with Crippen LogP contribution in [-0.4, -0.2) is 59.8 Å². The van der Waals surface area contributed by atoms with E-state index in [1.165, 1.54) is 0 Å². The van der Waals surface area contributed by atoms with Gasteiger partial charge in [-0.25, -0.2) is 9.13 Å². The number of carbonyl (C=O) groups is 4. The zero-order chi connectivity index (χ0) is 61.1. The Morgan fingerprint density at radius 1 is 0.333 bits per heavy atom. The molecule has 0 fully saturated rings. The highest BCUT2D eigenvalue weighted by atomic mass is 31.2. The molecule has 0 unspecified atom stereocenters. The van der Waals surface area contributed by atoms with Crippen LogP contribution in [0.25, 0.3) is 0 Å². The predicted octanol–water partition coefficient (Wildman–Crippen LogP) is 19.1. The van der Waals surface area contributed by atoms with E-state index in [0.29, 0.717) is 70.2 Å². The average Bonchev–Trinajstić information content (AvgIpc) is 2.39. The maximum Gasteiger partial charge on any atom is 0.530 e. The molecule has 0 saturated heterocycles. The molecule has 464 valence electrons. The topological polar surface area (TPSA) is 198 Å². The third kappa shape index (κ3) is 21.2. The number of unbranched alkanes of at least 4 members (excludes halogenated alkanes) is 16. The summed E-state index contributed by atoms with van der Waals surface area (Å²) in [7, 11) is -8.82. The number of benzene rings is 4.